The van der Waals surface area contributed by atoms with Gasteiger partial charge in [0.1, 0.15) is 0 Å². The summed E-state index contributed by atoms with van der Waals surface area (Å²) in [5.41, 5.74) is 7.04. The molecule has 0 spiro atoms. The van der Waals surface area contributed by atoms with E-state index in [9.17, 15) is 9.59 Å². The minimum Gasteiger partial charge on any atom is -0.368 e. The number of amides is 2. The third-order valence-electron chi connectivity index (χ3n) is 3.67. The summed E-state index contributed by atoms with van der Waals surface area (Å²) in [4.78, 5) is 26.7. The number of carbonyl (C=O) groups is 2. The van der Waals surface area contributed by atoms with Gasteiger partial charge in [0.2, 0.25) is 11.8 Å². The Hall–Kier alpha value is -1.10. The third kappa shape index (κ3) is 1.97. The van der Waals surface area contributed by atoms with E-state index in [0.29, 0.717) is 0 Å². The topological polar surface area (TPSA) is 81.4 Å². The number of rotatable bonds is 4. The Morgan fingerprint density at radius 2 is 1.73 bits per heavy atom. The molecular weight excluding hydrogens is 196 g/mol. The summed E-state index contributed by atoms with van der Waals surface area (Å²) >= 11 is 0. The molecule has 1 fully saturated rings. The van der Waals surface area contributed by atoms with Gasteiger partial charge in [0.05, 0.1) is 5.92 Å². The Morgan fingerprint density at radius 1 is 1.27 bits per heavy atom. The Balaban J connectivity index is 2.41. The molecule has 0 heterocycles. The molecule has 1 rings (SSSR count). The van der Waals surface area contributed by atoms with Crippen molar-refractivity contribution in [1.29, 1.82) is 0 Å². The fourth-order valence-corrected chi connectivity index (χ4v) is 2.09. The van der Waals surface area contributed by atoms with E-state index in [2.05, 4.69) is 10.3 Å². The number of hydrogen-bond acceptors (Lipinski definition) is 3. The van der Waals surface area contributed by atoms with Crippen LogP contribution in [0, 0.1) is 16.7 Å². The quantitative estimate of drug-likeness (QED) is 0.656. The number of hydrogen-bond donors (Lipinski definition) is 2. The van der Waals surface area contributed by atoms with E-state index in [1.807, 2.05) is 27.7 Å². The molecule has 0 atom stereocenters. The van der Waals surface area contributed by atoms with Crippen LogP contribution in [0.2, 0.25) is 0 Å². The molecule has 1 aliphatic carbocycles. The molecule has 5 heteroatoms. The summed E-state index contributed by atoms with van der Waals surface area (Å²) in [6.07, 6.45) is 0. The van der Waals surface area contributed by atoms with Crippen LogP contribution in [0.5, 0.6) is 0 Å². The maximum atomic E-state index is 11.6. The van der Waals surface area contributed by atoms with Crippen molar-refractivity contribution in [3.63, 3.8) is 0 Å². The second-order valence-electron chi connectivity index (χ2n) is 5.10. The molecule has 0 radical (unpaired) electrons. The van der Waals surface area contributed by atoms with Gasteiger partial charge in [0.25, 0.3) is 0 Å². The zero-order valence-corrected chi connectivity index (χ0v) is 9.59. The van der Waals surface area contributed by atoms with Gasteiger partial charge < -0.3 is 5.73 Å². The number of primary amides is 1. The molecule has 0 aromatic carbocycles. The molecule has 3 N–H and O–H groups in total. The van der Waals surface area contributed by atoms with Gasteiger partial charge in [-0.2, -0.15) is 0 Å². The van der Waals surface area contributed by atoms with E-state index in [0.717, 1.165) is 0 Å². The zero-order chi connectivity index (χ0) is 11.9. The van der Waals surface area contributed by atoms with Crippen molar-refractivity contribution in [2.24, 2.45) is 22.5 Å². The summed E-state index contributed by atoms with van der Waals surface area (Å²) in [5, 5.41) is 0. The van der Waals surface area contributed by atoms with Gasteiger partial charge >= 0.3 is 0 Å². The standard InChI is InChI=1S/C10H18N2O3/c1-9(2)7(10(9,3)4)8(14)12-15-5-6(11)13/h7H,5H2,1-4H3,(H2,11,13)(H,12,14). The third-order valence-corrected chi connectivity index (χ3v) is 3.67. The van der Waals surface area contributed by atoms with Gasteiger partial charge in [-0.3, -0.25) is 14.4 Å². The highest BCUT2D eigenvalue weighted by atomic mass is 16.7. The van der Waals surface area contributed by atoms with Crippen molar-refractivity contribution < 1.29 is 14.4 Å². The van der Waals surface area contributed by atoms with E-state index in [1.165, 1.54) is 0 Å². The van der Waals surface area contributed by atoms with Crippen molar-refractivity contribution in [2.45, 2.75) is 27.7 Å². The molecule has 1 aliphatic rings. The van der Waals surface area contributed by atoms with E-state index >= 15 is 0 Å². The molecule has 1 saturated carbocycles. The van der Waals surface area contributed by atoms with E-state index in [4.69, 9.17) is 5.73 Å². The number of nitrogens with two attached hydrogens (primary N) is 1. The highest BCUT2D eigenvalue weighted by molar-refractivity contribution is 5.83. The van der Waals surface area contributed by atoms with Crippen molar-refractivity contribution >= 4 is 11.8 Å². The van der Waals surface area contributed by atoms with Crippen LogP contribution < -0.4 is 11.2 Å². The molecule has 15 heavy (non-hydrogen) atoms. The normalized spacial score (nSPS) is 22.1. The minimum atomic E-state index is -0.607. The summed E-state index contributed by atoms with van der Waals surface area (Å²) in [5.74, 6) is -0.881. The smallest absolute Gasteiger partial charge is 0.247 e. The second kappa shape index (κ2) is 3.48. The van der Waals surface area contributed by atoms with Gasteiger partial charge in [0, 0.05) is 0 Å². The van der Waals surface area contributed by atoms with Crippen LogP contribution in [0.25, 0.3) is 0 Å². The average Bonchev–Trinajstić information content (AvgIpc) is 2.41. The molecule has 0 unspecified atom stereocenters. The highest BCUT2D eigenvalue weighted by Crippen LogP contribution is 2.68. The van der Waals surface area contributed by atoms with Gasteiger partial charge in [-0.05, 0) is 10.8 Å². The molecule has 0 bridgehead atoms. The first-order chi connectivity index (χ1) is 6.71. The molecular formula is C10H18N2O3. The average molecular weight is 214 g/mol. The lowest BCUT2D eigenvalue weighted by Gasteiger charge is -2.04. The SMILES string of the molecule is CC1(C)C(C(=O)NOCC(N)=O)C1(C)C. The molecule has 0 aromatic heterocycles. The molecule has 2 amide bonds. The maximum Gasteiger partial charge on any atom is 0.247 e. The van der Waals surface area contributed by atoms with Gasteiger partial charge in [-0.15, -0.1) is 0 Å². The van der Waals surface area contributed by atoms with Crippen LogP contribution in [-0.2, 0) is 14.4 Å². The lowest BCUT2D eigenvalue weighted by molar-refractivity contribution is -0.139. The van der Waals surface area contributed by atoms with Crippen molar-refractivity contribution in [1.82, 2.24) is 5.48 Å². The van der Waals surface area contributed by atoms with Crippen LogP contribution >= 0.6 is 0 Å². The lowest BCUT2D eigenvalue weighted by Crippen LogP contribution is -2.31. The lowest BCUT2D eigenvalue weighted by atomic mass is 10.0. The Labute approximate surface area is 89.3 Å². The van der Waals surface area contributed by atoms with Crippen LogP contribution in [0.15, 0.2) is 0 Å². The number of nitrogens with one attached hydrogen (secondary N) is 1. The van der Waals surface area contributed by atoms with Crippen molar-refractivity contribution in [3.8, 4) is 0 Å². The molecule has 0 saturated heterocycles. The highest BCUT2D eigenvalue weighted by Gasteiger charge is 2.68. The first-order valence-corrected chi connectivity index (χ1v) is 4.91. The number of hydroxylamine groups is 1. The molecule has 0 aliphatic heterocycles. The van der Waals surface area contributed by atoms with E-state index < -0.39 is 5.91 Å². The monoisotopic (exact) mass is 214 g/mol. The Kier molecular flexibility index (Phi) is 2.78. The van der Waals surface area contributed by atoms with Gasteiger partial charge in [-0.1, -0.05) is 27.7 Å². The first-order valence-electron chi connectivity index (χ1n) is 4.91. The zero-order valence-electron chi connectivity index (χ0n) is 9.59. The largest absolute Gasteiger partial charge is 0.368 e. The predicted octanol–water partition coefficient (Wildman–Crippen LogP) is 0.202. The van der Waals surface area contributed by atoms with Crippen LogP contribution in [0.1, 0.15) is 27.7 Å². The summed E-state index contributed by atoms with van der Waals surface area (Å²) in [7, 11) is 0. The maximum absolute atomic E-state index is 11.6. The number of carbonyl (C=O) groups excluding carboxylic acids is 2. The molecule has 5 nitrogen and oxygen atoms in total. The van der Waals surface area contributed by atoms with Gasteiger partial charge in [-0.25, -0.2) is 5.48 Å². The molecule has 86 valence electrons. The van der Waals surface area contributed by atoms with E-state index in [1.54, 1.807) is 0 Å². The Morgan fingerprint density at radius 3 is 2.07 bits per heavy atom. The van der Waals surface area contributed by atoms with E-state index in [-0.39, 0.29) is 29.3 Å². The second-order valence-corrected chi connectivity index (χ2v) is 5.10. The molecule has 0 aromatic rings. The van der Waals surface area contributed by atoms with Crippen LogP contribution in [0.3, 0.4) is 0 Å². The fourth-order valence-electron chi connectivity index (χ4n) is 2.09. The minimum absolute atomic E-state index is 0.0346. The first kappa shape index (κ1) is 12.0. The Bertz CT molecular complexity index is 283. The summed E-state index contributed by atoms with van der Waals surface area (Å²) in [6.45, 7) is 7.84. The fraction of sp³-hybridized carbons (Fsp3) is 0.800. The van der Waals surface area contributed by atoms with Crippen LogP contribution in [-0.4, -0.2) is 18.4 Å². The predicted molar refractivity (Wildman–Crippen MR) is 54.3 cm³/mol. The van der Waals surface area contributed by atoms with Gasteiger partial charge in [0.15, 0.2) is 6.61 Å². The van der Waals surface area contributed by atoms with Crippen molar-refractivity contribution in [3.05, 3.63) is 0 Å². The van der Waals surface area contributed by atoms with Crippen LogP contribution in [0.4, 0.5) is 0 Å². The van der Waals surface area contributed by atoms with Crippen molar-refractivity contribution in [2.75, 3.05) is 6.61 Å². The summed E-state index contributed by atoms with van der Waals surface area (Å²) in [6, 6.07) is 0. The summed E-state index contributed by atoms with van der Waals surface area (Å²) < 4.78 is 0.